The van der Waals surface area contributed by atoms with Crippen LogP contribution in [0.5, 0.6) is 0 Å². The molecule has 0 radical (unpaired) electrons. The minimum absolute atomic E-state index is 0.0373. The molecule has 0 bridgehead atoms. The van der Waals surface area contributed by atoms with E-state index in [1.54, 1.807) is 5.01 Å². The van der Waals surface area contributed by atoms with E-state index in [2.05, 4.69) is 0 Å². The number of halogens is 6. The zero-order valence-corrected chi connectivity index (χ0v) is 20.3. The Morgan fingerprint density at radius 3 is 2.08 bits per heavy atom. The van der Waals surface area contributed by atoms with Crippen molar-refractivity contribution in [3.63, 3.8) is 0 Å². The maximum absolute atomic E-state index is 13.2. The predicted molar refractivity (Wildman–Crippen MR) is 124 cm³/mol. The Hall–Kier alpha value is -3.12. The van der Waals surface area contributed by atoms with Gasteiger partial charge in [0, 0.05) is 24.9 Å². The summed E-state index contributed by atoms with van der Waals surface area (Å²) in [5.41, 5.74) is 2.76. The number of primary amides is 1. The standard InChI is InChI=1S/C26H27F6N3O3/c27-25(28,29)19-12-17(13-20(14-19)26(30,31)32)15-38-16-24(18-4-2-1-3-5-18)8-10-34(11-9-24)35-21(23(33)37)6-7-22(35)36/h1-5,12-14,21H,6-11,15-16H2,(H2,33,37). The van der Waals surface area contributed by atoms with Gasteiger partial charge in [-0.2, -0.15) is 26.3 Å². The Morgan fingerprint density at radius 2 is 1.55 bits per heavy atom. The molecule has 1 atom stereocenters. The van der Waals surface area contributed by atoms with Crippen molar-refractivity contribution in [1.82, 2.24) is 10.0 Å². The van der Waals surface area contributed by atoms with Crippen molar-refractivity contribution in [3.05, 3.63) is 70.8 Å². The molecule has 38 heavy (non-hydrogen) atoms. The SMILES string of the molecule is NC(=O)C1CCC(=O)N1N1CCC(COCc2cc(C(F)(F)F)cc(C(F)(F)F)c2)(c2ccccc2)CC1. The Labute approximate surface area is 215 Å². The van der Waals surface area contributed by atoms with Gasteiger partial charge in [-0.1, -0.05) is 30.3 Å². The van der Waals surface area contributed by atoms with E-state index in [-0.39, 0.29) is 30.6 Å². The molecule has 2 fully saturated rings. The van der Waals surface area contributed by atoms with E-state index in [9.17, 15) is 35.9 Å². The molecule has 0 aliphatic carbocycles. The molecule has 2 aliphatic rings. The van der Waals surface area contributed by atoms with Gasteiger partial charge in [0.15, 0.2) is 0 Å². The number of hydrogen-bond acceptors (Lipinski definition) is 4. The van der Waals surface area contributed by atoms with Crippen molar-refractivity contribution in [2.45, 2.75) is 56.1 Å². The number of hydrazine groups is 1. The quantitative estimate of drug-likeness (QED) is 0.516. The summed E-state index contributed by atoms with van der Waals surface area (Å²) in [6, 6.07) is 9.96. The third-order valence-electron chi connectivity index (χ3n) is 7.19. The second-order valence-corrected chi connectivity index (χ2v) is 9.70. The maximum Gasteiger partial charge on any atom is 0.416 e. The fourth-order valence-electron chi connectivity index (χ4n) is 5.20. The summed E-state index contributed by atoms with van der Waals surface area (Å²) < 4.78 is 85.2. The van der Waals surface area contributed by atoms with Gasteiger partial charge in [-0.25, -0.2) is 5.01 Å². The minimum Gasteiger partial charge on any atom is -0.376 e. The van der Waals surface area contributed by atoms with Crippen molar-refractivity contribution in [2.24, 2.45) is 5.73 Å². The highest BCUT2D eigenvalue weighted by Gasteiger charge is 2.44. The molecule has 2 heterocycles. The summed E-state index contributed by atoms with van der Waals surface area (Å²) in [6.07, 6.45) is -8.37. The zero-order valence-electron chi connectivity index (χ0n) is 20.3. The Bertz CT molecular complexity index is 1130. The first-order valence-corrected chi connectivity index (χ1v) is 12.1. The topological polar surface area (TPSA) is 75.9 Å². The largest absolute Gasteiger partial charge is 0.416 e. The first-order chi connectivity index (χ1) is 17.8. The summed E-state index contributed by atoms with van der Waals surface area (Å²) >= 11 is 0. The van der Waals surface area contributed by atoms with Gasteiger partial charge < -0.3 is 10.5 Å². The number of piperidine rings is 1. The summed E-state index contributed by atoms with van der Waals surface area (Å²) in [5.74, 6) is -0.777. The zero-order chi connectivity index (χ0) is 27.7. The molecule has 0 saturated carbocycles. The molecule has 4 rings (SSSR count). The van der Waals surface area contributed by atoms with Crippen molar-refractivity contribution in [1.29, 1.82) is 0 Å². The van der Waals surface area contributed by atoms with Crippen LogP contribution in [0.25, 0.3) is 0 Å². The normalized spacial score (nSPS) is 20.6. The van der Waals surface area contributed by atoms with Crippen LogP contribution in [-0.4, -0.2) is 47.6 Å². The smallest absolute Gasteiger partial charge is 0.376 e. The first-order valence-electron chi connectivity index (χ1n) is 12.1. The lowest BCUT2D eigenvalue weighted by Crippen LogP contribution is -2.57. The molecular formula is C26H27F6N3O3. The van der Waals surface area contributed by atoms with Crippen LogP contribution in [0.15, 0.2) is 48.5 Å². The number of nitrogens with zero attached hydrogens (tertiary/aromatic N) is 2. The lowest BCUT2D eigenvalue weighted by molar-refractivity contribution is -0.156. The van der Waals surface area contributed by atoms with Gasteiger partial charge in [-0.3, -0.25) is 14.6 Å². The molecule has 2 aromatic rings. The van der Waals surface area contributed by atoms with Crippen LogP contribution in [0.3, 0.4) is 0 Å². The highest BCUT2D eigenvalue weighted by molar-refractivity contribution is 5.89. The molecule has 0 aromatic heterocycles. The van der Waals surface area contributed by atoms with Gasteiger partial charge >= 0.3 is 12.4 Å². The summed E-state index contributed by atoms with van der Waals surface area (Å²) in [6.45, 7) is 0.362. The summed E-state index contributed by atoms with van der Waals surface area (Å²) in [5, 5.41) is 3.20. The molecule has 1 unspecified atom stereocenters. The Morgan fingerprint density at radius 1 is 0.974 bits per heavy atom. The van der Waals surface area contributed by atoms with Crippen LogP contribution in [0.2, 0.25) is 0 Å². The van der Waals surface area contributed by atoms with Crippen LogP contribution in [0.4, 0.5) is 26.3 Å². The first kappa shape index (κ1) is 27.9. The third-order valence-corrected chi connectivity index (χ3v) is 7.19. The molecule has 2 aromatic carbocycles. The minimum atomic E-state index is -4.94. The Balaban J connectivity index is 1.52. The number of amides is 2. The van der Waals surface area contributed by atoms with Gasteiger partial charge in [0.05, 0.1) is 24.3 Å². The molecule has 0 spiro atoms. The summed E-state index contributed by atoms with van der Waals surface area (Å²) in [4.78, 5) is 24.3. The Kier molecular flexibility index (Phi) is 7.76. The molecule has 12 heteroatoms. The van der Waals surface area contributed by atoms with Crippen molar-refractivity contribution in [3.8, 4) is 0 Å². The van der Waals surface area contributed by atoms with Crippen molar-refractivity contribution < 1.29 is 40.7 Å². The van der Waals surface area contributed by atoms with Gasteiger partial charge in [0.2, 0.25) is 11.8 Å². The van der Waals surface area contributed by atoms with Gasteiger partial charge in [-0.05, 0) is 48.6 Å². The fraction of sp³-hybridized carbons (Fsp3) is 0.462. The lowest BCUT2D eigenvalue weighted by atomic mass is 9.73. The lowest BCUT2D eigenvalue weighted by Gasteiger charge is -2.45. The number of rotatable bonds is 7. The van der Waals surface area contributed by atoms with E-state index in [0.29, 0.717) is 44.5 Å². The number of nitrogens with two attached hydrogens (primary N) is 1. The molecule has 2 saturated heterocycles. The van der Waals surface area contributed by atoms with E-state index in [1.807, 2.05) is 30.3 Å². The van der Waals surface area contributed by atoms with E-state index >= 15 is 0 Å². The van der Waals surface area contributed by atoms with Crippen molar-refractivity contribution >= 4 is 11.8 Å². The highest BCUT2D eigenvalue weighted by Crippen LogP contribution is 2.39. The second-order valence-electron chi connectivity index (χ2n) is 9.70. The van der Waals surface area contributed by atoms with E-state index in [4.69, 9.17) is 10.5 Å². The van der Waals surface area contributed by atoms with Crippen molar-refractivity contribution in [2.75, 3.05) is 19.7 Å². The fourth-order valence-corrected chi connectivity index (χ4v) is 5.20. The molecule has 2 aliphatic heterocycles. The molecule has 2 amide bonds. The average molecular weight is 544 g/mol. The van der Waals surface area contributed by atoms with Gasteiger partial charge in [0.25, 0.3) is 0 Å². The van der Waals surface area contributed by atoms with Gasteiger partial charge in [-0.15, -0.1) is 0 Å². The highest BCUT2D eigenvalue weighted by atomic mass is 19.4. The predicted octanol–water partition coefficient (Wildman–Crippen LogP) is 4.67. The number of carbonyl (C=O) groups excluding carboxylic acids is 2. The third kappa shape index (κ3) is 5.96. The number of hydrogen-bond donors (Lipinski definition) is 1. The number of benzene rings is 2. The molecule has 206 valence electrons. The number of carbonyl (C=O) groups is 2. The monoisotopic (exact) mass is 543 g/mol. The number of alkyl halides is 6. The molecular weight excluding hydrogens is 516 g/mol. The van der Waals surface area contributed by atoms with Crippen LogP contribution in [0.1, 0.15) is 47.9 Å². The van der Waals surface area contributed by atoms with E-state index < -0.39 is 47.5 Å². The second kappa shape index (κ2) is 10.6. The van der Waals surface area contributed by atoms with E-state index in [1.165, 1.54) is 5.01 Å². The summed E-state index contributed by atoms with van der Waals surface area (Å²) in [7, 11) is 0. The van der Waals surface area contributed by atoms with E-state index in [0.717, 1.165) is 5.56 Å². The van der Waals surface area contributed by atoms with Gasteiger partial charge in [0.1, 0.15) is 6.04 Å². The average Bonchev–Trinajstić information content (AvgIpc) is 3.25. The molecule has 2 N–H and O–H groups in total. The van der Waals surface area contributed by atoms with Crippen LogP contribution < -0.4 is 5.73 Å². The maximum atomic E-state index is 13.2. The van der Waals surface area contributed by atoms with Crippen LogP contribution in [-0.2, 0) is 38.7 Å². The van der Waals surface area contributed by atoms with Crippen LogP contribution in [0, 0.1) is 0 Å². The molecule has 6 nitrogen and oxygen atoms in total. The van der Waals surface area contributed by atoms with Crippen LogP contribution >= 0.6 is 0 Å². The number of ether oxygens (including phenoxy) is 1.